The van der Waals surface area contributed by atoms with Crippen molar-refractivity contribution < 1.29 is 9.66 Å². The summed E-state index contributed by atoms with van der Waals surface area (Å²) >= 11 is 12.0. The molecular weight excluding hydrogens is 421 g/mol. The molecule has 0 unspecified atom stereocenters. The first kappa shape index (κ1) is 14.9. The van der Waals surface area contributed by atoms with Gasteiger partial charge in [0.2, 0.25) is 11.2 Å². The minimum atomic E-state index is -0.531. The van der Waals surface area contributed by atoms with Gasteiger partial charge >= 0.3 is 6.01 Å². The number of nitro benzene ring substituents is 1. The van der Waals surface area contributed by atoms with Gasteiger partial charge in [0.25, 0.3) is 5.69 Å². The van der Waals surface area contributed by atoms with E-state index < -0.39 is 4.92 Å². The normalized spacial score (nSPS) is 10.3. The fourth-order valence-corrected chi connectivity index (χ4v) is 2.72. The Hall–Kier alpha value is -1.52. The number of nitro groups is 1. The van der Waals surface area contributed by atoms with Crippen LogP contribution in [0.3, 0.4) is 0 Å². The molecule has 0 bridgehead atoms. The third kappa shape index (κ3) is 3.32. The van der Waals surface area contributed by atoms with E-state index in [1.165, 1.54) is 12.1 Å². The fourth-order valence-electron chi connectivity index (χ4n) is 1.23. The first-order valence-corrected chi connectivity index (χ1v) is 6.81. The Morgan fingerprint density at radius 2 is 1.85 bits per heavy atom. The Kier molecular flexibility index (Phi) is 4.35. The second kappa shape index (κ2) is 5.85. The second-order valence-corrected chi connectivity index (χ2v) is 5.39. The zero-order valence-corrected chi connectivity index (χ0v) is 13.3. The van der Waals surface area contributed by atoms with Gasteiger partial charge in [-0.2, -0.15) is 15.0 Å². The van der Waals surface area contributed by atoms with Gasteiger partial charge < -0.3 is 10.5 Å². The lowest BCUT2D eigenvalue weighted by Crippen LogP contribution is -2.01. The highest BCUT2D eigenvalue weighted by Gasteiger charge is 2.17. The number of rotatable bonds is 3. The molecule has 2 aromatic rings. The summed E-state index contributed by atoms with van der Waals surface area (Å²) in [5, 5.41) is 10.6. The molecule has 0 atom stereocenters. The summed E-state index contributed by atoms with van der Waals surface area (Å²) in [5.41, 5.74) is 5.31. The molecule has 0 aliphatic carbocycles. The number of hydrogen-bond donors (Lipinski definition) is 1. The molecule has 0 fully saturated rings. The van der Waals surface area contributed by atoms with E-state index in [-0.39, 0.29) is 28.7 Å². The number of aromatic nitrogens is 3. The number of non-ortho nitro benzene ring substituents is 1. The number of ether oxygens (including phenoxy) is 1. The first-order valence-electron chi connectivity index (χ1n) is 4.85. The van der Waals surface area contributed by atoms with Crippen molar-refractivity contribution in [1.29, 1.82) is 0 Å². The molecule has 1 heterocycles. The highest BCUT2D eigenvalue weighted by Crippen LogP contribution is 2.39. The molecule has 0 saturated heterocycles. The molecule has 104 valence electrons. The number of anilines is 1. The van der Waals surface area contributed by atoms with E-state index in [0.29, 0.717) is 8.95 Å². The molecule has 0 spiro atoms. The number of nitrogen functional groups attached to an aromatic ring is 1. The fraction of sp³-hybridized carbons (Fsp3) is 0. The topological polar surface area (TPSA) is 117 Å². The summed E-state index contributed by atoms with van der Waals surface area (Å²) in [6.45, 7) is 0. The van der Waals surface area contributed by atoms with E-state index in [9.17, 15) is 10.1 Å². The SMILES string of the molecule is Nc1nc(Cl)nc(Oc2c(Br)cc([N+](=O)[O-])cc2Br)n1. The summed E-state index contributed by atoms with van der Waals surface area (Å²) in [5.74, 6) is 0.145. The zero-order valence-electron chi connectivity index (χ0n) is 9.38. The number of benzene rings is 1. The lowest BCUT2D eigenvalue weighted by atomic mass is 10.3. The lowest BCUT2D eigenvalue weighted by molar-refractivity contribution is -0.385. The molecule has 0 aliphatic heterocycles. The molecule has 0 radical (unpaired) electrons. The van der Waals surface area contributed by atoms with Crippen LogP contribution in [0.4, 0.5) is 11.6 Å². The van der Waals surface area contributed by atoms with Crippen molar-refractivity contribution >= 4 is 55.1 Å². The van der Waals surface area contributed by atoms with Gasteiger partial charge in [-0.1, -0.05) is 0 Å². The van der Waals surface area contributed by atoms with E-state index in [4.69, 9.17) is 22.1 Å². The number of nitrogens with zero attached hydrogens (tertiary/aromatic N) is 4. The van der Waals surface area contributed by atoms with Gasteiger partial charge in [0.1, 0.15) is 0 Å². The van der Waals surface area contributed by atoms with Crippen LogP contribution in [-0.2, 0) is 0 Å². The van der Waals surface area contributed by atoms with Crippen molar-refractivity contribution in [3.8, 4) is 11.8 Å². The van der Waals surface area contributed by atoms with Gasteiger partial charge in [0.15, 0.2) is 5.75 Å². The average molecular weight is 425 g/mol. The number of hydrogen-bond acceptors (Lipinski definition) is 7. The van der Waals surface area contributed by atoms with Crippen LogP contribution in [0.25, 0.3) is 0 Å². The standard InChI is InChI=1S/C9H4Br2ClN5O3/c10-4-1-3(17(18)19)2-5(11)6(4)20-9-15-7(12)14-8(13)16-9/h1-2H,(H2,13,14,15,16). The van der Waals surface area contributed by atoms with Crippen LogP contribution < -0.4 is 10.5 Å². The molecule has 2 rings (SSSR count). The van der Waals surface area contributed by atoms with Crippen molar-refractivity contribution in [3.63, 3.8) is 0 Å². The average Bonchev–Trinajstić information content (AvgIpc) is 2.32. The molecule has 1 aromatic carbocycles. The number of nitrogens with two attached hydrogens (primary N) is 1. The molecule has 0 amide bonds. The first-order chi connectivity index (χ1) is 9.36. The van der Waals surface area contributed by atoms with Gasteiger partial charge in [-0.15, -0.1) is 0 Å². The minimum Gasteiger partial charge on any atom is -0.422 e. The van der Waals surface area contributed by atoms with Crippen molar-refractivity contribution in [2.45, 2.75) is 0 Å². The highest BCUT2D eigenvalue weighted by molar-refractivity contribution is 9.11. The molecule has 0 saturated carbocycles. The van der Waals surface area contributed by atoms with E-state index in [0.717, 1.165) is 0 Å². The van der Waals surface area contributed by atoms with Crippen LogP contribution in [0, 0.1) is 10.1 Å². The van der Waals surface area contributed by atoms with Gasteiger partial charge in [-0.05, 0) is 43.5 Å². The minimum absolute atomic E-state index is 0.103. The monoisotopic (exact) mass is 423 g/mol. The summed E-state index contributed by atoms with van der Waals surface area (Å²) in [4.78, 5) is 21.3. The van der Waals surface area contributed by atoms with Crippen molar-refractivity contribution in [2.24, 2.45) is 0 Å². The summed E-state index contributed by atoms with van der Waals surface area (Å²) in [7, 11) is 0. The van der Waals surface area contributed by atoms with E-state index in [2.05, 4.69) is 46.8 Å². The smallest absolute Gasteiger partial charge is 0.328 e. The predicted octanol–water partition coefficient (Wildman–Crippen LogP) is 3.33. The number of halogens is 3. The Morgan fingerprint density at radius 3 is 2.35 bits per heavy atom. The van der Waals surface area contributed by atoms with Gasteiger partial charge in [-0.3, -0.25) is 10.1 Å². The van der Waals surface area contributed by atoms with E-state index >= 15 is 0 Å². The van der Waals surface area contributed by atoms with Gasteiger partial charge in [0.05, 0.1) is 13.9 Å². The van der Waals surface area contributed by atoms with Crippen LogP contribution in [0.2, 0.25) is 5.28 Å². The van der Waals surface area contributed by atoms with E-state index in [1.807, 2.05) is 0 Å². The van der Waals surface area contributed by atoms with E-state index in [1.54, 1.807) is 0 Å². The van der Waals surface area contributed by atoms with Gasteiger partial charge in [0, 0.05) is 12.1 Å². The Labute approximate surface area is 133 Å². The molecule has 0 aliphatic rings. The Balaban J connectivity index is 2.41. The van der Waals surface area contributed by atoms with Crippen molar-refractivity contribution in [3.05, 3.63) is 36.5 Å². The Morgan fingerprint density at radius 1 is 1.25 bits per heavy atom. The summed E-state index contributed by atoms with van der Waals surface area (Å²) in [6.07, 6.45) is 0. The predicted molar refractivity (Wildman–Crippen MR) is 77.8 cm³/mol. The van der Waals surface area contributed by atoms with Crippen LogP contribution >= 0.6 is 43.5 Å². The highest BCUT2D eigenvalue weighted by atomic mass is 79.9. The lowest BCUT2D eigenvalue weighted by Gasteiger charge is -2.08. The third-order valence-electron chi connectivity index (χ3n) is 1.99. The zero-order chi connectivity index (χ0) is 14.9. The molecule has 2 N–H and O–H groups in total. The molecular formula is C9H4Br2ClN5O3. The van der Waals surface area contributed by atoms with Crippen LogP contribution in [0.15, 0.2) is 21.1 Å². The maximum Gasteiger partial charge on any atom is 0.328 e. The largest absolute Gasteiger partial charge is 0.422 e. The molecule has 8 nitrogen and oxygen atoms in total. The van der Waals surface area contributed by atoms with Crippen molar-refractivity contribution in [1.82, 2.24) is 15.0 Å². The molecule has 1 aromatic heterocycles. The third-order valence-corrected chi connectivity index (χ3v) is 3.34. The van der Waals surface area contributed by atoms with Crippen LogP contribution in [0.1, 0.15) is 0 Å². The second-order valence-electron chi connectivity index (χ2n) is 3.34. The summed E-state index contributed by atoms with van der Waals surface area (Å²) in [6, 6.07) is 2.44. The molecule has 20 heavy (non-hydrogen) atoms. The van der Waals surface area contributed by atoms with Gasteiger partial charge in [-0.25, -0.2) is 0 Å². The maximum atomic E-state index is 10.7. The van der Waals surface area contributed by atoms with Crippen LogP contribution in [-0.4, -0.2) is 19.9 Å². The molecule has 11 heteroatoms. The summed E-state index contributed by atoms with van der Waals surface area (Å²) < 4.78 is 6.08. The Bertz CT molecular complexity index is 656. The van der Waals surface area contributed by atoms with Crippen LogP contribution in [0.5, 0.6) is 11.8 Å². The van der Waals surface area contributed by atoms with Crippen molar-refractivity contribution in [2.75, 3.05) is 5.73 Å². The quantitative estimate of drug-likeness (QED) is 0.592. The maximum absolute atomic E-state index is 10.7.